The van der Waals surface area contributed by atoms with Gasteiger partial charge < -0.3 is 19.4 Å². The van der Waals surface area contributed by atoms with Crippen molar-refractivity contribution in [3.05, 3.63) is 75.3 Å². The van der Waals surface area contributed by atoms with Crippen molar-refractivity contribution < 1.29 is 14.4 Å². The molecule has 7 rings (SSSR count). The van der Waals surface area contributed by atoms with Gasteiger partial charge in [0.2, 0.25) is 5.82 Å². The molecule has 184 valence electrons. The van der Waals surface area contributed by atoms with Gasteiger partial charge in [-0.15, -0.1) is 5.10 Å². The standard InChI is InChI=1S/C27H28N6O3/c34-27-21(13-19-14-23-24(15-22(19)28-27)36-12-11-35-23)25(26-29-30-31-33(26)20-7-3-4-8-20)32-10-9-17-5-1-2-6-18(17)16-32/h1-2,5-6,13-15,20,25H,3-4,7-12,16H2,(H,28,34)/p+1/t25-/m0/s1. The second-order valence-corrected chi connectivity index (χ2v) is 10.1. The molecule has 0 radical (unpaired) electrons. The van der Waals surface area contributed by atoms with Crippen LogP contribution in [0.15, 0.2) is 47.3 Å². The molecule has 36 heavy (non-hydrogen) atoms. The average molecular weight is 486 g/mol. The number of fused-ring (bicyclic) bond motifs is 3. The number of hydrogen-bond acceptors (Lipinski definition) is 6. The highest BCUT2D eigenvalue weighted by Crippen LogP contribution is 2.35. The van der Waals surface area contributed by atoms with Crippen LogP contribution in [0.4, 0.5) is 0 Å². The van der Waals surface area contributed by atoms with Crippen molar-refractivity contribution in [3.63, 3.8) is 0 Å². The topological polar surface area (TPSA) is 99.4 Å². The molecule has 2 atom stereocenters. The van der Waals surface area contributed by atoms with E-state index < -0.39 is 0 Å². The van der Waals surface area contributed by atoms with E-state index in [2.05, 4.69) is 44.8 Å². The van der Waals surface area contributed by atoms with Crippen LogP contribution in [0.1, 0.15) is 60.3 Å². The summed E-state index contributed by atoms with van der Waals surface area (Å²) >= 11 is 0. The zero-order valence-electron chi connectivity index (χ0n) is 20.1. The summed E-state index contributed by atoms with van der Waals surface area (Å²) in [5.41, 5.74) is 4.01. The molecule has 2 aromatic carbocycles. The molecule has 2 N–H and O–H groups in total. The highest BCUT2D eigenvalue weighted by Gasteiger charge is 2.38. The molecule has 0 bridgehead atoms. The Hall–Kier alpha value is -3.72. The Labute approximate surface area is 208 Å². The first kappa shape index (κ1) is 21.6. The van der Waals surface area contributed by atoms with E-state index in [9.17, 15) is 4.79 Å². The van der Waals surface area contributed by atoms with Gasteiger partial charge in [-0.05, 0) is 41.0 Å². The minimum Gasteiger partial charge on any atom is -0.486 e. The Bertz CT molecular complexity index is 1490. The SMILES string of the molecule is O=c1[nH]c2cc3c(cc2cc1[C@@H](c1nnnn1C1CCCC1)[NH+]1CCc2ccccc2C1)OCCO3. The van der Waals surface area contributed by atoms with Crippen molar-refractivity contribution in [2.45, 2.75) is 50.7 Å². The lowest BCUT2D eigenvalue weighted by Gasteiger charge is -2.32. The van der Waals surface area contributed by atoms with Gasteiger partial charge in [-0.3, -0.25) is 4.79 Å². The molecule has 0 amide bonds. The second kappa shape index (κ2) is 8.74. The van der Waals surface area contributed by atoms with E-state index in [-0.39, 0.29) is 17.6 Å². The fraction of sp³-hybridized carbons (Fsp3) is 0.407. The summed E-state index contributed by atoms with van der Waals surface area (Å²) in [5.74, 6) is 2.15. The van der Waals surface area contributed by atoms with Crippen LogP contribution in [-0.2, 0) is 13.0 Å². The molecule has 9 nitrogen and oxygen atoms in total. The summed E-state index contributed by atoms with van der Waals surface area (Å²) in [6.07, 6.45) is 5.46. The molecule has 0 saturated heterocycles. The van der Waals surface area contributed by atoms with Gasteiger partial charge in [0.25, 0.3) is 5.56 Å². The zero-order chi connectivity index (χ0) is 24.1. The molecule has 9 heteroatoms. The lowest BCUT2D eigenvalue weighted by molar-refractivity contribution is -0.942. The van der Waals surface area contributed by atoms with Gasteiger partial charge in [0.05, 0.1) is 23.7 Å². The monoisotopic (exact) mass is 485 g/mol. The molecule has 4 heterocycles. The minimum atomic E-state index is -0.282. The van der Waals surface area contributed by atoms with Crippen molar-refractivity contribution in [1.29, 1.82) is 0 Å². The van der Waals surface area contributed by atoms with Crippen LogP contribution in [0, 0.1) is 0 Å². The lowest BCUT2D eigenvalue weighted by Crippen LogP contribution is -3.12. The fourth-order valence-electron chi connectivity index (χ4n) is 6.16. The molecule has 1 unspecified atom stereocenters. The maximum Gasteiger partial charge on any atom is 0.258 e. The normalized spacial score (nSPS) is 20.4. The van der Waals surface area contributed by atoms with E-state index in [1.807, 2.05) is 22.9 Å². The molecular formula is C27H29N6O3+. The smallest absolute Gasteiger partial charge is 0.258 e. The van der Waals surface area contributed by atoms with Crippen molar-refractivity contribution in [2.75, 3.05) is 19.8 Å². The van der Waals surface area contributed by atoms with E-state index in [1.165, 1.54) is 28.9 Å². The lowest BCUT2D eigenvalue weighted by atomic mass is 9.95. The van der Waals surface area contributed by atoms with Crippen LogP contribution >= 0.6 is 0 Å². The van der Waals surface area contributed by atoms with Gasteiger partial charge in [0, 0.05) is 23.4 Å². The summed E-state index contributed by atoms with van der Waals surface area (Å²) in [6, 6.07) is 14.4. The van der Waals surface area contributed by atoms with Crippen LogP contribution < -0.4 is 19.9 Å². The quantitative estimate of drug-likeness (QED) is 0.460. The first-order chi connectivity index (χ1) is 17.7. The number of aromatic nitrogens is 5. The maximum absolute atomic E-state index is 13.6. The Morgan fingerprint density at radius 1 is 1.03 bits per heavy atom. The van der Waals surface area contributed by atoms with Crippen LogP contribution in [-0.4, -0.2) is 44.9 Å². The molecule has 3 aliphatic rings. The third-order valence-corrected chi connectivity index (χ3v) is 7.95. The number of aromatic amines is 1. The van der Waals surface area contributed by atoms with E-state index >= 15 is 0 Å². The van der Waals surface area contributed by atoms with Gasteiger partial charge in [-0.1, -0.05) is 37.1 Å². The summed E-state index contributed by atoms with van der Waals surface area (Å²) in [6.45, 7) is 2.74. The number of benzene rings is 2. The zero-order valence-corrected chi connectivity index (χ0v) is 20.1. The molecule has 4 aromatic rings. The number of nitrogens with zero attached hydrogens (tertiary/aromatic N) is 4. The maximum atomic E-state index is 13.6. The van der Waals surface area contributed by atoms with E-state index in [4.69, 9.17) is 9.47 Å². The van der Waals surface area contributed by atoms with Crippen molar-refractivity contribution in [2.24, 2.45) is 0 Å². The van der Waals surface area contributed by atoms with E-state index in [0.29, 0.717) is 30.3 Å². The minimum absolute atomic E-state index is 0.114. The van der Waals surface area contributed by atoms with Crippen molar-refractivity contribution >= 4 is 10.9 Å². The summed E-state index contributed by atoms with van der Waals surface area (Å²) < 4.78 is 13.5. The Kier molecular flexibility index (Phi) is 5.23. The molecule has 1 fully saturated rings. The molecule has 1 aliphatic carbocycles. The third kappa shape index (κ3) is 3.65. The number of ether oxygens (including phenoxy) is 2. The summed E-state index contributed by atoms with van der Waals surface area (Å²) in [4.78, 5) is 18.0. The van der Waals surface area contributed by atoms with Gasteiger partial charge >= 0.3 is 0 Å². The third-order valence-electron chi connectivity index (χ3n) is 7.95. The molecular weight excluding hydrogens is 456 g/mol. The van der Waals surface area contributed by atoms with Crippen LogP contribution in [0.25, 0.3) is 10.9 Å². The van der Waals surface area contributed by atoms with Crippen LogP contribution in [0.5, 0.6) is 11.5 Å². The van der Waals surface area contributed by atoms with Crippen molar-refractivity contribution in [3.8, 4) is 11.5 Å². The number of quaternary nitrogens is 1. The average Bonchev–Trinajstić information content (AvgIpc) is 3.60. The van der Waals surface area contributed by atoms with Crippen molar-refractivity contribution in [1.82, 2.24) is 25.2 Å². The van der Waals surface area contributed by atoms with Crippen LogP contribution in [0.3, 0.4) is 0 Å². The second-order valence-electron chi connectivity index (χ2n) is 10.1. The number of H-pyrrole nitrogens is 1. The number of nitrogens with one attached hydrogen (secondary N) is 2. The van der Waals surface area contributed by atoms with Gasteiger partial charge in [0.1, 0.15) is 19.8 Å². The number of hydrogen-bond donors (Lipinski definition) is 2. The summed E-state index contributed by atoms with van der Waals surface area (Å²) in [5, 5.41) is 14.0. The van der Waals surface area contributed by atoms with Gasteiger partial charge in [0.15, 0.2) is 17.5 Å². The Balaban J connectivity index is 1.37. The van der Waals surface area contributed by atoms with Crippen LogP contribution in [0.2, 0.25) is 0 Å². The van der Waals surface area contributed by atoms with Gasteiger partial charge in [-0.25, -0.2) is 4.68 Å². The highest BCUT2D eigenvalue weighted by molar-refractivity contribution is 5.83. The molecule has 1 saturated carbocycles. The molecule has 0 spiro atoms. The first-order valence-electron chi connectivity index (χ1n) is 12.9. The molecule has 2 aliphatic heterocycles. The Morgan fingerprint density at radius 3 is 2.64 bits per heavy atom. The van der Waals surface area contributed by atoms with E-state index in [1.54, 1.807) is 0 Å². The fourth-order valence-corrected chi connectivity index (χ4v) is 6.16. The van der Waals surface area contributed by atoms with Gasteiger partial charge in [-0.2, -0.15) is 0 Å². The first-order valence-corrected chi connectivity index (χ1v) is 12.9. The van der Waals surface area contributed by atoms with E-state index in [0.717, 1.165) is 49.1 Å². The largest absolute Gasteiger partial charge is 0.486 e. The Morgan fingerprint density at radius 2 is 1.81 bits per heavy atom. The molecule has 2 aromatic heterocycles. The highest BCUT2D eigenvalue weighted by atomic mass is 16.6. The number of rotatable bonds is 4. The number of pyridine rings is 1. The number of tetrazole rings is 1. The predicted molar refractivity (Wildman–Crippen MR) is 132 cm³/mol. The predicted octanol–water partition coefficient (Wildman–Crippen LogP) is 2.13. The summed E-state index contributed by atoms with van der Waals surface area (Å²) in [7, 11) is 0.